The maximum atomic E-state index is 6.60. The third-order valence-electron chi connectivity index (χ3n) is 13.2. The Morgan fingerprint density at radius 1 is 0.222 bits per heavy atom. The average molecular weight is 799 g/mol. The number of benzene rings is 12. The smallest absolute Gasteiger partial charge is 0.143 e. The van der Waals surface area contributed by atoms with Gasteiger partial charge in [-0.15, -0.1) is 0 Å². The van der Waals surface area contributed by atoms with Gasteiger partial charge in [-0.05, 0) is 140 Å². The molecule has 0 N–H and O–H groups in total. The first-order valence-corrected chi connectivity index (χ1v) is 21.7. The summed E-state index contributed by atoms with van der Waals surface area (Å²) < 4.78 is 6.60. The van der Waals surface area contributed by atoms with Crippen LogP contribution < -0.4 is 0 Å². The van der Waals surface area contributed by atoms with Crippen molar-refractivity contribution in [1.29, 1.82) is 0 Å². The number of hydrogen-bond acceptors (Lipinski definition) is 1. The van der Waals surface area contributed by atoms with Crippen LogP contribution in [0.1, 0.15) is 0 Å². The van der Waals surface area contributed by atoms with E-state index < -0.39 is 0 Å². The fraction of sp³-hybridized carbons (Fsp3) is 0. The lowest BCUT2D eigenvalue weighted by Gasteiger charge is -2.21. The van der Waals surface area contributed by atoms with Crippen LogP contribution in [0.2, 0.25) is 0 Å². The molecule has 0 atom stereocenters. The van der Waals surface area contributed by atoms with Crippen molar-refractivity contribution in [3.05, 3.63) is 231 Å². The molecule has 0 aliphatic heterocycles. The summed E-state index contributed by atoms with van der Waals surface area (Å²) in [6.45, 7) is 0. The fourth-order valence-corrected chi connectivity index (χ4v) is 10.2. The van der Waals surface area contributed by atoms with E-state index in [1.165, 1.54) is 92.8 Å². The van der Waals surface area contributed by atoms with Gasteiger partial charge in [-0.1, -0.05) is 194 Å². The SMILES string of the molecule is c1cc(-c2c3cc(-c4ccc5ccccc5c4)ccc3c(-c3cccc4ccccc34)c3cc(-c4ccc5ccccc5c4)ccc23)cc(-c2cccc3c2oc2ccccc23)c1. The number of rotatable bonds is 5. The van der Waals surface area contributed by atoms with Crippen LogP contribution in [0.5, 0.6) is 0 Å². The maximum Gasteiger partial charge on any atom is 0.143 e. The topological polar surface area (TPSA) is 13.1 Å². The van der Waals surface area contributed by atoms with Gasteiger partial charge in [-0.3, -0.25) is 0 Å². The summed E-state index contributed by atoms with van der Waals surface area (Å²) in [6, 6.07) is 84.7. The molecule has 0 bridgehead atoms. The van der Waals surface area contributed by atoms with Gasteiger partial charge in [-0.2, -0.15) is 0 Å². The monoisotopic (exact) mass is 798 g/mol. The summed E-state index contributed by atoms with van der Waals surface area (Å²) in [6.07, 6.45) is 0. The molecule has 0 aliphatic rings. The van der Waals surface area contributed by atoms with Gasteiger partial charge in [0, 0.05) is 16.3 Å². The molecule has 0 saturated heterocycles. The second-order valence-electron chi connectivity index (χ2n) is 16.8. The zero-order chi connectivity index (χ0) is 41.4. The zero-order valence-corrected chi connectivity index (χ0v) is 34.3. The molecule has 1 heterocycles. The number of fused-ring (bicyclic) bond motifs is 8. The lowest BCUT2D eigenvalue weighted by atomic mass is 9.82. The quantitative estimate of drug-likeness (QED) is 0.158. The fourth-order valence-electron chi connectivity index (χ4n) is 10.2. The van der Waals surface area contributed by atoms with E-state index in [-0.39, 0.29) is 0 Å². The first kappa shape index (κ1) is 35.5. The Kier molecular flexibility index (Phi) is 7.98. The van der Waals surface area contributed by atoms with Crippen molar-refractivity contribution in [3.8, 4) is 55.6 Å². The molecule has 1 heteroatoms. The molecule has 13 rings (SSSR count). The van der Waals surface area contributed by atoms with Gasteiger partial charge in [-0.25, -0.2) is 0 Å². The predicted molar refractivity (Wildman–Crippen MR) is 268 cm³/mol. The van der Waals surface area contributed by atoms with E-state index in [4.69, 9.17) is 4.42 Å². The maximum absolute atomic E-state index is 6.60. The Bertz CT molecular complexity index is 3970. The lowest BCUT2D eigenvalue weighted by Crippen LogP contribution is -1.94. The van der Waals surface area contributed by atoms with E-state index in [1.54, 1.807) is 0 Å². The standard InChI is InChI=1S/C62H38O/c1-3-15-42-34-44(28-26-39(42)12-1)46-31-33-55-57(37-46)60(49-19-9-18-48(36-49)51-22-11-24-56-52-21-7-8-25-59(52)63-62(51)56)54-32-30-47(45-29-27-40-13-2-4-16-43(40)35-45)38-58(54)61(55)53-23-10-17-41-14-5-6-20-50(41)53/h1-38H. The predicted octanol–water partition coefficient (Wildman–Crippen LogP) is 17.7. The average Bonchev–Trinajstić information content (AvgIpc) is 3.74. The summed E-state index contributed by atoms with van der Waals surface area (Å²) in [5.74, 6) is 0. The molecule has 0 saturated carbocycles. The van der Waals surface area contributed by atoms with Gasteiger partial charge >= 0.3 is 0 Å². The number of para-hydroxylation sites is 2. The van der Waals surface area contributed by atoms with Gasteiger partial charge in [0.15, 0.2) is 0 Å². The van der Waals surface area contributed by atoms with Crippen molar-refractivity contribution in [3.63, 3.8) is 0 Å². The largest absolute Gasteiger partial charge is 0.455 e. The molecular formula is C62H38O. The van der Waals surface area contributed by atoms with Gasteiger partial charge in [0.1, 0.15) is 11.2 Å². The Labute approximate surface area is 364 Å². The molecule has 13 aromatic rings. The molecular weight excluding hydrogens is 761 g/mol. The Balaban J connectivity index is 1.13. The van der Waals surface area contributed by atoms with E-state index >= 15 is 0 Å². The highest BCUT2D eigenvalue weighted by molar-refractivity contribution is 6.25. The minimum atomic E-state index is 0.903. The van der Waals surface area contributed by atoms with Crippen molar-refractivity contribution < 1.29 is 4.42 Å². The van der Waals surface area contributed by atoms with E-state index in [1.807, 2.05) is 6.07 Å². The summed E-state index contributed by atoms with van der Waals surface area (Å²) in [5.41, 5.74) is 13.7. The summed E-state index contributed by atoms with van der Waals surface area (Å²) in [4.78, 5) is 0. The molecule has 1 nitrogen and oxygen atoms in total. The molecule has 0 spiro atoms. The van der Waals surface area contributed by atoms with Crippen LogP contribution in [0.25, 0.3) is 131 Å². The van der Waals surface area contributed by atoms with Crippen molar-refractivity contribution in [2.45, 2.75) is 0 Å². The third kappa shape index (κ3) is 5.78. The summed E-state index contributed by atoms with van der Waals surface area (Å²) >= 11 is 0. The van der Waals surface area contributed by atoms with Gasteiger partial charge < -0.3 is 4.42 Å². The second-order valence-corrected chi connectivity index (χ2v) is 16.8. The molecule has 0 radical (unpaired) electrons. The highest BCUT2D eigenvalue weighted by Gasteiger charge is 2.21. The zero-order valence-electron chi connectivity index (χ0n) is 34.3. The van der Waals surface area contributed by atoms with E-state index in [9.17, 15) is 0 Å². The van der Waals surface area contributed by atoms with Crippen LogP contribution >= 0.6 is 0 Å². The van der Waals surface area contributed by atoms with Crippen molar-refractivity contribution in [2.75, 3.05) is 0 Å². The molecule has 1 aromatic heterocycles. The molecule has 12 aromatic carbocycles. The van der Waals surface area contributed by atoms with Crippen molar-refractivity contribution in [1.82, 2.24) is 0 Å². The molecule has 0 amide bonds. The number of furan rings is 1. The van der Waals surface area contributed by atoms with Crippen molar-refractivity contribution >= 4 is 75.8 Å². The van der Waals surface area contributed by atoms with Crippen LogP contribution in [0.4, 0.5) is 0 Å². The summed E-state index contributed by atoms with van der Waals surface area (Å²) in [5, 5.41) is 14.6. The van der Waals surface area contributed by atoms with Crippen molar-refractivity contribution in [2.24, 2.45) is 0 Å². The first-order valence-electron chi connectivity index (χ1n) is 21.7. The van der Waals surface area contributed by atoms with Crippen LogP contribution in [-0.4, -0.2) is 0 Å². The van der Waals surface area contributed by atoms with E-state index in [2.05, 4.69) is 224 Å². The van der Waals surface area contributed by atoms with Crippen LogP contribution in [0, 0.1) is 0 Å². The molecule has 63 heavy (non-hydrogen) atoms. The highest BCUT2D eigenvalue weighted by Crippen LogP contribution is 2.48. The van der Waals surface area contributed by atoms with Gasteiger partial charge in [0.2, 0.25) is 0 Å². The Morgan fingerprint density at radius 3 is 1.44 bits per heavy atom. The lowest BCUT2D eigenvalue weighted by molar-refractivity contribution is 0.670. The molecule has 0 unspecified atom stereocenters. The molecule has 0 fully saturated rings. The molecule has 292 valence electrons. The van der Waals surface area contributed by atoms with Crippen LogP contribution in [0.15, 0.2) is 235 Å². The Morgan fingerprint density at radius 2 is 0.714 bits per heavy atom. The number of hydrogen-bond donors (Lipinski definition) is 0. The van der Waals surface area contributed by atoms with E-state index in [0.29, 0.717) is 0 Å². The minimum absolute atomic E-state index is 0.903. The Hall–Kier alpha value is -8.26. The summed E-state index contributed by atoms with van der Waals surface area (Å²) in [7, 11) is 0. The highest BCUT2D eigenvalue weighted by atomic mass is 16.3. The first-order chi connectivity index (χ1) is 31.2. The van der Waals surface area contributed by atoms with Crippen LogP contribution in [0.3, 0.4) is 0 Å². The van der Waals surface area contributed by atoms with Gasteiger partial charge in [0.05, 0.1) is 0 Å². The second kappa shape index (κ2) is 14.2. The van der Waals surface area contributed by atoms with E-state index in [0.717, 1.165) is 38.6 Å². The third-order valence-corrected chi connectivity index (χ3v) is 13.2. The van der Waals surface area contributed by atoms with Gasteiger partial charge in [0.25, 0.3) is 0 Å². The normalized spacial score (nSPS) is 11.8. The minimum Gasteiger partial charge on any atom is -0.455 e. The molecule has 0 aliphatic carbocycles. The van der Waals surface area contributed by atoms with Crippen LogP contribution in [-0.2, 0) is 0 Å².